The second-order valence-corrected chi connectivity index (χ2v) is 4.36. The molecule has 0 unspecified atom stereocenters. The molecule has 2 nitrogen and oxygen atoms in total. The van der Waals surface area contributed by atoms with E-state index in [1.54, 1.807) is 6.34 Å². The largest absolute Gasteiger partial charge is 0.346 e. The molecule has 1 heterocycles. The van der Waals surface area contributed by atoms with E-state index in [-0.39, 0.29) is 0 Å². The fourth-order valence-corrected chi connectivity index (χ4v) is 1.86. The highest BCUT2D eigenvalue weighted by Crippen LogP contribution is 2.30. The van der Waals surface area contributed by atoms with E-state index in [2.05, 4.69) is 55.4 Å². The Bertz CT molecular complexity index is 442. The van der Waals surface area contributed by atoms with Gasteiger partial charge in [-0.25, -0.2) is 4.99 Å². The average Bonchev–Trinajstić information content (AvgIpc) is 2.29. The van der Waals surface area contributed by atoms with E-state index in [1.807, 2.05) is 0 Å². The molecule has 0 bridgehead atoms. The molecule has 84 valence electrons. The molecule has 0 spiro atoms. The zero-order chi connectivity index (χ0) is 11.5. The Morgan fingerprint density at radius 1 is 1.38 bits per heavy atom. The smallest absolute Gasteiger partial charge is 0.0930 e. The Balaban J connectivity index is 2.48. The number of nitrogens with zero attached hydrogens (tertiary/aromatic N) is 1. The molecule has 1 N–H and O–H groups in total. The summed E-state index contributed by atoms with van der Waals surface area (Å²) in [6.07, 6.45) is 4.94. The molecule has 1 aliphatic heterocycles. The van der Waals surface area contributed by atoms with Crippen LogP contribution in [0.2, 0.25) is 0 Å². The number of nitrogens with one attached hydrogen (secondary N) is 1. The Morgan fingerprint density at radius 3 is 2.88 bits per heavy atom. The van der Waals surface area contributed by atoms with Crippen LogP contribution in [-0.2, 0) is 0 Å². The number of anilines is 1. The van der Waals surface area contributed by atoms with Gasteiger partial charge in [-0.3, -0.25) is 0 Å². The molecule has 2 heteroatoms. The van der Waals surface area contributed by atoms with Crippen molar-refractivity contribution in [2.45, 2.75) is 33.1 Å². The van der Waals surface area contributed by atoms with Crippen LogP contribution in [0.1, 0.15) is 44.2 Å². The molecular formula is C14H18N2. The highest BCUT2D eigenvalue weighted by Gasteiger charge is 2.11. The predicted molar refractivity (Wildman–Crippen MR) is 70.9 cm³/mol. The van der Waals surface area contributed by atoms with E-state index >= 15 is 0 Å². The van der Waals surface area contributed by atoms with Gasteiger partial charge in [0.05, 0.1) is 12.0 Å². The third-order valence-corrected chi connectivity index (χ3v) is 2.81. The van der Waals surface area contributed by atoms with Gasteiger partial charge in [0.2, 0.25) is 0 Å². The standard InChI is InChI=1S/C14H18N2/c1-4-5-13-12-8-11(10(2)3)6-7-14(12)16-9-15-13/h5-10H,4H2,1-3H3,(H,15,16)/b13-5+. The van der Waals surface area contributed by atoms with E-state index in [1.165, 1.54) is 11.1 Å². The summed E-state index contributed by atoms with van der Waals surface area (Å²) in [6, 6.07) is 6.56. The van der Waals surface area contributed by atoms with E-state index in [9.17, 15) is 0 Å². The predicted octanol–water partition coefficient (Wildman–Crippen LogP) is 4.01. The lowest BCUT2D eigenvalue weighted by atomic mass is 9.97. The molecule has 0 saturated heterocycles. The number of allylic oxidation sites excluding steroid dienone is 1. The van der Waals surface area contributed by atoms with Gasteiger partial charge in [-0.05, 0) is 30.0 Å². The van der Waals surface area contributed by atoms with Crippen LogP contribution in [0.4, 0.5) is 5.69 Å². The van der Waals surface area contributed by atoms with Gasteiger partial charge in [0.1, 0.15) is 0 Å². The first-order chi connectivity index (χ1) is 7.72. The summed E-state index contributed by atoms with van der Waals surface area (Å²) >= 11 is 0. The lowest BCUT2D eigenvalue weighted by molar-refractivity contribution is 0.866. The van der Waals surface area contributed by atoms with Gasteiger partial charge in [-0.2, -0.15) is 0 Å². The Morgan fingerprint density at radius 2 is 2.19 bits per heavy atom. The monoisotopic (exact) mass is 214 g/mol. The highest BCUT2D eigenvalue weighted by atomic mass is 15.0. The van der Waals surface area contributed by atoms with Crippen molar-refractivity contribution in [1.29, 1.82) is 0 Å². The fraction of sp³-hybridized carbons (Fsp3) is 0.357. The maximum Gasteiger partial charge on any atom is 0.0930 e. The summed E-state index contributed by atoms with van der Waals surface area (Å²) in [5.41, 5.74) is 4.81. The molecule has 1 aliphatic rings. The van der Waals surface area contributed by atoms with Crippen LogP contribution in [0, 0.1) is 0 Å². The molecule has 0 aromatic heterocycles. The van der Waals surface area contributed by atoms with Gasteiger partial charge in [0.15, 0.2) is 0 Å². The molecule has 0 aliphatic carbocycles. The summed E-state index contributed by atoms with van der Waals surface area (Å²) in [5.74, 6) is 0.555. The first-order valence-corrected chi connectivity index (χ1v) is 5.86. The van der Waals surface area contributed by atoms with Crippen molar-refractivity contribution >= 4 is 17.7 Å². The zero-order valence-electron chi connectivity index (χ0n) is 10.1. The topological polar surface area (TPSA) is 24.4 Å². The Hall–Kier alpha value is -1.57. The molecule has 0 fully saturated rings. The Kier molecular flexibility index (Phi) is 3.09. The van der Waals surface area contributed by atoms with E-state index in [0.29, 0.717) is 5.92 Å². The number of fused-ring (bicyclic) bond motifs is 1. The van der Waals surface area contributed by atoms with Gasteiger partial charge >= 0.3 is 0 Å². The van der Waals surface area contributed by atoms with Crippen LogP contribution in [-0.4, -0.2) is 6.34 Å². The van der Waals surface area contributed by atoms with Gasteiger partial charge < -0.3 is 5.32 Å². The fourth-order valence-electron chi connectivity index (χ4n) is 1.86. The summed E-state index contributed by atoms with van der Waals surface area (Å²) < 4.78 is 0. The first kappa shape index (κ1) is 10.9. The minimum atomic E-state index is 0.555. The third kappa shape index (κ3) is 2.01. The second-order valence-electron chi connectivity index (χ2n) is 4.36. The normalized spacial score (nSPS) is 16.4. The number of aliphatic imine (C=N–C) groups is 1. The molecular weight excluding hydrogens is 196 g/mol. The van der Waals surface area contributed by atoms with E-state index in [0.717, 1.165) is 17.8 Å². The Labute approximate surface area is 97.1 Å². The summed E-state index contributed by atoms with van der Waals surface area (Å²) in [4.78, 5) is 4.39. The summed E-state index contributed by atoms with van der Waals surface area (Å²) in [6.45, 7) is 6.56. The van der Waals surface area contributed by atoms with Crippen molar-refractivity contribution in [3.05, 3.63) is 35.4 Å². The molecule has 0 saturated carbocycles. The number of benzene rings is 1. The van der Waals surface area contributed by atoms with Crippen LogP contribution in [0.3, 0.4) is 0 Å². The molecule has 0 amide bonds. The van der Waals surface area contributed by atoms with Crippen LogP contribution >= 0.6 is 0 Å². The molecule has 16 heavy (non-hydrogen) atoms. The van der Waals surface area contributed by atoms with Crippen LogP contribution < -0.4 is 5.32 Å². The van der Waals surface area contributed by atoms with Crippen molar-refractivity contribution in [3.63, 3.8) is 0 Å². The highest BCUT2D eigenvalue weighted by molar-refractivity contribution is 5.92. The van der Waals surface area contributed by atoms with Crippen LogP contribution in [0.5, 0.6) is 0 Å². The van der Waals surface area contributed by atoms with Crippen molar-refractivity contribution in [2.75, 3.05) is 5.32 Å². The van der Waals surface area contributed by atoms with Crippen molar-refractivity contribution in [1.82, 2.24) is 0 Å². The van der Waals surface area contributed by atoms with E-state index < -0.39 is 0 Å². The molecule has 1 aromatic rings. The zero-order valence-corrected chi connectivity index (χ0v) is 10.1. The average molecular weight is 214 g/mol. The second kappa shape index (κ2) is 4.52. The maximum atomic E-state index is 4.39. The van der Waals surface area contributed by atoms with Gasteiger partial charge in [0.25, 0.3) is 0 Å². The first-order valence-electron chi connectivity index (χ1n) is 5.86. The lowest BCUT2D eigenvalue weighted by Gasteiger charge is -2.17. The van der Waals surface area contributed by atoms with E-state index in [4.69, 9.17) is 0 Å². The quantitative estimate of drug-likeness (QED) is 0.790. The van der Waals surface area contributed by atoms with Gasteiger partial charge in [-0.15, -0.1) is 0 Å². The maximum absolute atomic E-state index is 4.39. The van der Waals surface area contributed by atoms with Gasteiger partial charge in [-0.1, -0.05) is 32.9 Å². The van der Waals surface area contributed by atoms with Crippen molar-refractivity contribution in [3.8, 4) is 0 Å². The molecule has 0 radical (unpaired) electrons. The summed E-state index contributed by atoms with van der Waals surface area (Å²) in [7, 11) is 0. The van der Waals surface area contributed by atoms with Crippen LogP contribution in [0.15, 0.2) is 29.3 Å². The number of hydrogen-bond donors (Lipinski definition) is 1. The molecule has 2 rings (SSSR count). The SMILES string of the molecule is CC/C=C1/N=CNc2ccc(C(C)C)cc21. The number of hydrogen-bond acceptors (Lipinski definition) is 2. The minimum Gasteiger partial charge on any atom is -0.346 e. The summed E-state index contributed by atoms with van der Waals surface area (Å²) in [5, 5.41) is 3.18. The van der Waals surface area contributed by atoms with Crippen LogP contribution in [0.25, 0.3) is 5.70 Å². The van der Waals surface area contributed by atoms with Crippen molar-refractivity contribution in [2.24, 2.45) is 4.99 Å². The minimum absolute atomic E-state index is 0.555. The molecule has 1 aromatic carbocycles. The van der Waals surface area contributed by atoms with Crippen molar-refractivity contribution < 1.29 is 0 Å². The third-order valence-electron chi connectivity index (χ3n) is 2.81. The number of rotatable bonds is 2. The molecule has 0 atom stereocenters. The lowest BCUT2D eigenvalue weighted by Crippen LogP contribution is -2.05. The van der Waals surface area contributed by atoms with Gasteiger partial charge in [0, 0.05) is 11.3 Å².